The van der Waals surface area contributed by atoms with Crippen LogP contribution >= 0.6 is 11.3 Å². The van der Waals surface area contributed by atoms with Gasteiger partial charge in [-0.1, -0.05) is 12.1 Å². The van der Waals surface area contributed by atoms with Crippen molar-refractivity contribution in [2.24, 2.45) is 0 Å². The van der Waals surface area contributed by atoms with Crippen LogP contribution < -0.4 is 5.32 Å². The van der Waals surface area contributed by atoms with Gasteiger partial charge in [-0.15, -0.1) is 11.3 Å². The Bertz CT molecular complexity index is 1040. The maximum Gasteiger partial charge on any atom is 0.426 e. The second-order valence-corrected chi connectivity index (χ2v) is 7.39. The van der Waals surface area contributed by atoms with Crippen LogP contribution in [0.1, 0.15) is 32.1 Å². The lowest BCUT2D eigenvalue weighted by Crippen LogP contribution is -2.15. The topological polar surface area (TPSA) is 54.9 Å². The zero-order valence-corrected chi connectivity index (χ0v) is 15.1. The van der Waals surface area contributed by atoms with E-state index in [1.807, 2.05) is 0 Å². The molecule has 0 atom stereocenters. The largest absolute Gasteiger partial charge is 0.426 e. The first-order valence-corrected chi connectivity index (χ1v) is 9.26. The number of halogens is 4. The van der Waals surface area contributed by atoms with Crippen LogP contribution in [0.3, 0.4) is 0 Å². The molecule has 0 bridgehead atoms. The third-order valence-corrected chi connectivity index (χ3v) is 5.78. The summed E-state index contributed by atoms with van der Waals surface area (Å²) >= 11 is 0.760. The van der Waals surface area contributed by atoms with E-state index in [1.165, 1.54) is 30.6 Å². The molecule has 1 aliphatic rings. The predicted molar refractivity (Wildman–Crippen MR) is 96.7 cm³/mol. The molecule has 2 heterocycles. The highest BCUT2D eigenvalue weighted by atomic mass is 32.1. The van der Waals surface area contributed by atoms with E-state index < -0.39 is 22.8 Å². The molecule has 2 aromatic heterocycles. The number of hydrogen-bond acceptors (Lipinski definition) is 4. The molecular formula is C19H13F4N3OS. The van der Waals surface area contributed by atoms with Crippen molar-refractivity contribution in [1.29, 1.82) is 0 Å². The number of anilines is 1. The average Bonchev–Trinajstić information content (AvgIpc) is 3.23. The van der Waals surface area contributed by atoms with Crippen molar-refractivity contribution in [3.05, 3.63) is 63.4 Å². The lowest BCUT2D eigenvalue weighted by atomic mass is 10.1. The molecule has 0 radical (unpaired) electrons. The number of amides is 1. The molecule has 0 aliphatic heterocycles. The summed E-state index contributed by atoms with van der Waals surface area (Å²) in [6.45, 7) is 0. The van der Waals surface area contributed by atoms with Crippen LogP contribution in [0.15, 0.2) is 36.7 Å². The molecule has 4 nitrogen and oxygen atoms in total. The molecule has 1 aliphatic carbocycles. The molecule has 144 valence electrons. The lowest BCUT2D eigenvalue weighted by molar-refractivity contribution is -0.133. The minimum atomic E-state index is -4.47. The van der Waals surface area contributed by atoms with Crippen molar-refractivity contribution in [3.8, 4) is 11.3 Å². The number of carbonyl (C=O) groups is 1. The van der Waals surface area contributed by atoms with E-state index >= 15 is 0 Å². The number of aryl methyl sites for hydroxylation is 1. The second kappa shape index (κ2) is 6.97. The van der Waals surface area contributed by atoms with Crippen molar-refractivity contribution in [1.82, 2.24) is 9.97 Å². The number of aromatic nitrogens is 2. The van der Waals surface area contributed by atoms with Crippen LogP contribution in [0.5, 0.6) is 0 Å². The minimum Gasteiger partial charge on any atom is -0.305 e. The van der Waals surface area contributed by atoms with Gasteiger partial charge in [-0.05, 0) is 37.0 Å². The first-order valence-electron chi connectivity index (χ1n) is 8.44. The fraction of sp³-hybridized carbons (Fsp3) is 0.211. The molecule has 28 heavy (non-hydrogen) atoms. The standard InChI is InChI=1S/C19H13F4N3OS/c20-12-6-2-1-4-10(12)18(27)26-15-9-24-13(8-25-15)16-11-5-3-7-14(11)28-17(16)19(21,22)23/h1-2,4,6,8-9H,3,5,7H2,(H,25,26,27). The van der Waals surface area contributed by atoms with Gasteiger partial charge in [-0.3, -0.25) is 9.78 Å². The number of nitrogens with one attached hydrogen (secondary N) is 1. The summed E-state index contributed by atoms with van der Waals surface area (Å²) in [4.78, 5) is 20.3. The van der Waals surface area contributed by atoms with Gasteiger partial charge in [0.05, 0.1) is 23.7 Å². The van der Waals surface area contributed by atoms with E-state index in [-0.39, 0.29) is 22.6 Å². The maximum atomic E-state index is 13.7. The van der Waals surface area contributed by atoms with E-state index in [9.17, 15) is 22.4 Å². The molecule has 1 amide bonds. The van der Waals surface area contributed by atoms with Crippen LogP contribution in [0.25, 0.3) is 11.3 Å². The molecular weight excluding hydrogens is 394 g/mol. The van der Waals surface area contributed by atoms with Gasteiger partial charge >= 0.3 is 6.18 Å². The number of hydrogen-bond donors (Lipinski definition) is 1. The Morgan fingerprint density at radius 1 is 1.11 bits per heavy atom. The number of nitrogens with zero attached hydrogens (tertiary/aromatic N) is 2. The molecule has 0 saturated heterocycles. The highest BCUT2D eigenvalue weighted by Crippen LogP contribution is 2.47. The normalized spacial score (nSPS) is 13.4. The summed E-state index contributed by atoms with van der Waals surface area (Å²) < 4.78 is 54.0. The number of thiophene rings is 1. The van der Waals surface area contributed by atoms with Crippen molar-refractivity contribution in [3.63, 3.8) is 0 Å². The Labute approximate surface area is 161 Å². The number of alkyl halides is 3. The molecule has 0 saturated carbocycles. The molecule has 4 rings (SSSR count). The van der Waals surface area contributed by atoms with Crippen LogP contribution in [-0.4, -0.2) is 15.9 Å². The maximum absolute atomic E-state index is 13.7. The van der Waals surface area contributed by atoms with E-state index in [0.717, 1.165) is 28.7 Å². The highest BCUT2D eigenvalue weighted by Gasteiger charge is 2.39. The summed E-state index contributed by atoms with van der Waals surface area (Å²) in [6.07, 6.45) is -0.0711. The van der Waals surface area contributed by atoms with Crippen molar-refractivity contribution >= 4 is 23.1 Å². The van der Waals surface area contributed by atoms with E-state index in [4.69, 9.17) is 0 Å². The van der Waals surface area contributed by atoms with Crippen LogP contribution in [0.2, 0.25) is 0 Å². The summed E-state index contributed by atoms with van der Waals surface area (Å²) in [5.74, 6) is -1.38. The van der Waals surface area contributed by atoms with Gasteiger partial charge in [0.25, 0.3) is 5.91 Å². The Hall–Kier alpha value is -2.81. The molecule has 3 aromatic rings. The number of rotatable bonds is 3. The third-order valence-electron chi connectivity index (χ3n) is 4.45. The Morgan fingerprint density at radius 2 is 1.89 bits per heavy atom. The molecule has 1 aromatic carbocycles. The zero-order chi connectivity index (χ0) is 19.9. The predicted octanol–water partition coefficient (Wildman–Crippen LogP) is 5.10. The van der Waals surface area contributed by atoms with Gasteiger partial charge in [0, 0.05) is 10.4 Å². The molecule has 1 N–H and O–H groups in total. The first kappa shape index (κ1) is 18.5. The summed E-state index contributed by atoms with van der Waals surface area (Å²) in [6, 6.07) is 5.44. The number of carbonyl (C=O) groups excluding carboxylic acids is 1. The number of benzene rings is 1. The molecule has 0 fully saturated rings. The zero-order valence-electron chi connectivity index (χ0n) is 14.3. The van der Waals surface area contributed by atoms with Crippen LogP contribution in [0.4, 0.5) is 23.4 Å². The van der Waals surface area contributed by atoms with Gasteiger partial charge in [0.2, 0.25) is 0 Å². The SMILES string of the molecule is O=C(Nc1cnc(-c2c(C(F)(F)F)sc3c2CCC3)cn1)c1ccccc1F. The van der Waals surface area contributed by atoms with Crippen molar-refractivity contribution < 1.29 is 22.4 Å². The highest BCUT2D eigenvalue weighted by molar-refractivity contribution is 7.12. The minimum absolute atomic E-state index is 0.0254. The second-order valence-electron chi connectivity index (χ2n) is 6.28. The smallest absolute Gasteiger partial charge is 0.305 e. The monoisotopic (exact) mass is 407 g/mol. The van der Waals surface area contributed by atoms with E-state index in [1.54, 1.807) is 0 Å². The fourth-order valence-electron chi connectivity index (χ4n) is 3.23. The van der Waals surface area contributed by atoms with Gasteiger partial charge in [-0.2, -0.15) is 13.2 Å². The fourth-order valence-corrected chi connectivity index (χ4v) is 4.49. The first-order chi connectivity index (χ1) is 13.3. The van der Waals surface area contributed by atoms with E-state index in [2.05, 4.69) is 15.3 Å². The lowest BCUT2D eigenvalue weighted by Gasteiger charge is -2.10. The molecule has 9 heteroatoms. The number of fused-ring (bicyclic) bond motifs is 1. The molecule has 0 unspecified atom stereocenters. The quantitative estimate of drug-likeness (QED) is 0.615. The Balaban J connectivity index is 1.63. The average molecular weight is 407 g/mol. The Morgan fingerprint density at radius 3 is 2.57 bits per heavy atom. The van der Waals surface area contributed by atoms with Crippen molar-refractivity contribution in [2.45, 2.75) is 25.4 Å². The van der Waals surface area contributed by atoms with Gasteiger partial charge in [-0.25, -0.2) is 9.37 Å². The summed E-state index contributed by atoms with van der Waals surface area (Å²) in [7, 11) is 0. The summed E-state index contributed by atoms with van der Waals surface area (Å²) in [5.41, 5.74) is 0.693. The molecule has 0 spiro atoms. The van der Waals surface area contributed by atoms with Gasteiger partial charge in [0.15, 0.2) is 5.82 Å². The van der Waals surface area contributed by atoms with E-state index in [0.29, 0.717) is 18.4 Å². The van der Waals surface area contributed by atoms with Crippen LogP contribution in [-0.2, 0) is 19.0 Å². The van der Waals surface area contributed by atoms with Crippen molar-refractivity contribution in [2.75, 3.05) is 5.32 Å². The Kier molecular flexibility index (Phi) is 4.62. The third kappa shape index (κ3) is 3.37. The summed E-state index contributed by atoms with van der Waals surface area (Å²) in [5, 5.41) is 2.40. The van der Waals surface area contributed by atoms with Gasteiger partial charge in [0.1, 0.15) is 10.7 Å². The van der Waals surface area contributed by atoms with Crippen LogP contribution in [0, 0.1) is 5.82 Å². The van der Waals surface area contributed by atoms with Gasteiger partial charge < -0.3 is 5.32 Å².